The molecule has 1 saturated heterocycles. The van der Waals surface area contributed by atoms with Crippen LogP contribution in [-0.4, -0.2) is 37.5 Å². The molecule has 0 aliphatic carbocycles. The second kappa shape index (κ2) is 8.97. The minimum atomic E-state index is -0.415. The number of carbonyl (C=O) groups is 2. The lowest BCUT2D eigenvalue weighted by molar-refractivity contribution is -0.897. The summed E-state index contributed by atoms with van der Waals surface area (Å²) in [5.74, 6) is -0.663. The molecule has 1 aliphatic rings. The van der Waals surface area contributed by atoms with Gasteiger partial charge in [-0.2, -0.15) is 0 Å². The number of nitrogens with one attached hydrogen (secondary N) is 3. The second-order valence-electron chi connectivity index (χ2n) is 7.61. The van der Waals surface area contributed by atoms with Gasteiger partial charge >= 0.3 is 0 Å². The predicted molar refractivity (Wildman–Crippen MR) is 107 cm³/mol. The molecule has 2 aromatic carbocycles. The fraction of sp³-hybridized carbons (Fsp3) is 0.364. The Bertz CT molecular complexity index is 840. The summed E-state index contributed by atoms with van der Waals surface area (Å²) in [7, 11) is 0. The molecule has 0 saturated carbocycles. The molecule has 2 amide bonds. The maximum Gasteiger partial charge on any atom is 0.279 e. The van der Waals surface area contributed by atoms with Gasteiger partial charge < -0.3 is 15.5 Å². The van der Waals surface area contributed by atoms with Gasteiger partial charge in [-0.1, -0.05) is 12.1 Å². The molecule has 1 fully saturated rings. The van der Waals surface area contributed by atoms with Crippen LogP contribution in [0.25, 0.3) is 0 Å². The molecule has 5 nitrogen and oxygen atoms in total. The molecule has 1 heterocycles. The summed E-state index contributed by atoms with van der Waals surface area (Å²) >= 11 is 0. The number of hydrogen-bond donors (Lipinski definition) is 3. The third kappa shape index (κ3) is 5.63. The molecule has 6 heteroatoms. The number of anilines is 1. The van der Waals surface area contributed by atoms with E-state index in [2.05, 4.69) is 16.7 Å². The first-order valence-corrected chi connectivity index (χ1v) is 9.67. The maximum atomic E-state index is 13.3. The van der Waals surface area contributed by atoms with E-state index in [9.17, 15) is 14.0 Å². The summed E-state index contributed by atoms with van der Waals surface area (Å²) in [5.41, 5.74) is 3.41. The molecule has 148 valence electrons. The number of quaternary nitrogens is 1. The van der Waals surface area contributed by atoms with Gasteiger partial charge in [-0.15, -0.1) is 0 Å². The van der Waals surface area contributed by atoms with Crippen molar-refractivity contribution in [2.24, 2.45) is 0 Å². The number of rotatable bonds is 5. The molecule has 0 bridgehead atoms. The van der Waals surface area contributed by atoms with E-state index >= 15 is 0 Å². The first-order chi connectivity index (χ1) is 13.4. The molecule has 3 N–H and O–H groups in total. The van der Waals surface area contributed by atoms with Crippen LogP contribution in [0, 0.1) is 19.7 Å². The number of likely N-dealkylation sites (tertiary alicyclic amines) is 1. The van der Waals surface area contributed by atoms with E-state index in [1.165, 1.54) is 23.1 Å². The normalized spacial score (nSPS) is 19.1. The van der Waals surface area contributed by atoms with Crippen molar-refractivity contribution in [1.82, 2.24) is 5.32 Å². The Kier molecular flexibility index (Phi) is 6.41. The lowest BCUT2D eigenvalue weighted by Crippen LogP contribution is -3.14. The Morgan fingerprint density at radius 3 is 2.39 bits per heavy atom. The van der Waals surface area contributed by atoms with Crippen molar-refractivity contribution < 1.29 is 18.9 Å². The number of piperidine rings is 1. The van der Waals surface area contributed by atoms with Gasteiger partial charge in [0, 0.05) is 30.1 Å². The topological polar surface area (TPSA) is 62.6 Å². The highest BCUT2D eigenvalue weighted by atomic mass is 19.1. The predicted octanol–water partition coefficient (Wildman–Crippen LogP) is 1.86. The van der Waals surface area contributed by atoms with Crippen LogP contribution in [0.15, 0.2) is 42.5 Å². The van der Waals surface area contributed by atoms with Crippen LogP contribution >= 0.6 is 0 Å². The first-order valence-electron chi connectivity index (χ1n) is 9.67. The average Bonchev–Trinajstić information content (AvgIpc) is 2.62. The highest BCUT2D eigenvalue weighted by molar-refractivity contribution is 5.94. The van der Waals surface area contributed by atoms with Gasteiger partial charge in [0.05, 0.1) is 13.1 Å². The smallest absolute Gasteiger partial charge is 0.279 e. The van der Waals surface area contributed by atoms with Crippen LogP contribution in [0.5, 0.6) is 0 Å². The molecule has 28 heavy (non-hydrogen) atoms. The minimum Gasteiger partial charge on any atom is -0.349 e. The Labute approximate surface area is 164 Å². The summed E-state index contributed by atoms with van der Waals surface area (Å²) in [6.45, 7) is 6.06. The van der Waals surface area contributed by atoms with Gasteiger partial charge in [0.2, 0.25) is 0 Å². The molecule has 0 radical (unpaired) electrons. The van der Waals surface area contributed by atoms with Crippen molar-refractivity contribution in [2.45, 2.75) is 32.7 Å². The quantitative estimate of drug-likeness (QED) is 0.737. The van der Waals surface area contributed by atoms with E-state index in [4.69, 9.17) is 0 Å². The zero-order chi connectivity index (χ0) is 20.1. The molecule has 0 unspecified atom stereocenters. The summed E-state index contributed by atoms with van der Waals surface area (Å²) in [6, 6.07) is 11.8. The number of hydrogen-bond acceptors (Lipinski definition) is 2. The van der Waals surface area contributed by atoms with Crippen molar-refractivity contribution in [1.29, 1.82) is 0 Å². The van der Waals surface area contributed by atoms with Gasteiger partial charge in [-0.25, -0.2) is 4.39 Å². The Balaban J connectivity index is 1.44. The number of carbonyl (C=O) groups excluding carboxylic acids is 2. The SMILES string of the molecule is Cc1cc(C)cc(NC(=O)C[NH+]2CCC(NC(=O)c3cccc(F)c3)CC2)c1. The Morgan fingerprint density at radius 1 is 1.07 bits per heavy atom. The van der Waals surface area contributed by atoms with Gasteiger partial charge in [0.1, 0.15) is 5.82 Å². The summed E-state index contributed by atoms with van der Waals surface area (Å²) in [5, 5.41) is 5.95. The second-order valence-corrected chi connectivity index (χ2v) is 7.61. The van der Waals surface area contributed by atoms with Crippen LogP contribution in [0.4, 0.5) is 10.1 Å². The summed E-state index contributed by atoms with van der Waals surface area (Å²) < 4.78 is 13.3. The molecule has 0 aromatic heterocycles. The molecule has 0 atom stereocenters. The fourth-order valence-corrected chi connectivity index (χ4v) is 3.72. The average molecular weight is 384 g/mol. The zero-order valence-electron chi connectivity index (χ0n) is 16.3. The van der Waals surface area contributed by atoms with E-state index in [0.29, 0.717) is 12.1 Å². The van der Waals surface area contributed by atoms with E-state index in [1.54, 1.807) is 6.07 Å². The minimum absolute atomic E-state index is 0.00208. The standard InChI is InChI=1S/C22H26FN3O2/c1-15-10-16(2)12-20(11-15)24-21(27)14-26-8-6-19(7-9-26)25-22(28)17-4-3-5-18(23)13-17/h3-5,10-13,19H,6-9,14H2,1-2H3,(H,24,27)(H,25,28)/p+1. The lowest BCUT2D eigenvalue weighted by Gasteiger charge is -2.29. The Morgan fingerprint density at radius 2 is 1.75 bits per heavy atom. The lowest BCUT2D eigenvalue weighted by atomic mass is 10.0. The largest absolute Gasteiger partial charge is 0.349 e. The van der Waals surface area contributed by atoms with Crippen molar-refractivity contribution >= 4 is 17.5 Å². The van der Waals surface area contributed by atoms with Gasteiger partial charge in [0.25, 0.3) is 11.8 Å². The number of aryl methyl sites for hydroxylation is 2. The third-order valence-corrected chi connectivity index (χ3v) is 5.03. The number of benzene rings is 2. The van der Waals surface area contributed by atoms with Crippen LogP contribution < -0.4 is 15.5 Å². The molecular weight excluding hydrogens is 357 g/mol. The zero-order valence-corrected chi connectivity index (χ0v) is 16.3. The number of amides is 2. The summed E-state index contributed by atoms with van der Waals surface area (Å²) in [4.78, 5) is 25.8. The van der Waals surface area contributed by atoms with E-state index in [0.717, 1.165) is 42.7 Å². The molecule has 3 rings (SSSR count). The van der Waals surface area contributed by atoms with E-state index < -0.39 is 5.82 Å². The van der Waals surface area contributed by atoms with Gasteiger partial charge in [-0.05, 0) is 55.3 Å². The fourth-order valence-electron chi connectivity index (χ4n) is 3.72. The Hall–Kier alpha value is -2.73. The van der Waals surface area contributed by atoms with Crippen LogP contribution in [0.3, 0.4) is 0 Å². The van der Waals surface area contributed by atoms with Crippen LogP contribution in [-0.2, 0) is 4.79 Å². The first kappa shape index (κ1) is 20.0. The van der Waals surface area contributed by atoms with Crippen molar-refractivity contribution in [3.63, 3.8) is 0 Å². The third-order valence-electron chi connectivity index (χ3n) is 5.03. The molecule has 0 spiro atoms. The molecular formula is C22H27FN3O2+. The van der Waals surface area contributed by atoms with Crippen LogP contribution in [0.1, 0.15) is 34.3 Å². The van der Waals surface area contributed by atoms with Gasteiger partial charge in [-0.3, -0.25) is 9.59 Å². The van der Waals surface area contributed by atoms with Gasteiger partial charge in [0.15, 0.2) is 6.54 Å². The molecule has 2 aromatic rings. The van der Waals surface area contributed by atoms with Crippen molar-refractivity contribution in [2.75, 3.05) is 25.0 Å². The summed E-state index contributed by atoms with van der Waals surface area (Å²) in [6.07, 6.45) is 1.60. The van der Waals surface area contributed by atoms with E-state index in [1.807, 2.05) is 26.0 Å². The molecule has 1 aliphatic heterocycles. The number of halogens is 1. The highest BCUT2D eigenvalue weighted by Gasteiger charge is 2.25. The monoisotopic (exact) mass is 384 g/mol. The van der Waals surface area contributed by atoms with Crippen molar-refractivity contribution in [3.05, 3.63) is 65.0 Å². The maximum absolute atomic E-state index is 13.3. The van der Waals surface area contributed by atoms with E-state index in [-0.39, 0.29) is 17.9 Å². The highest BCUT2D eigenvalue weighted by Crippen LogP contribution is 2.13. The van der Waals surface area contributed by atoms with Crippen LogP contribution in [0.2, 0.25) is 0 Å². The van der Waals surface area contributed by atoms with Crippen molar-refractivity contribution in [3.8, 4) is 0 Å².